The molecule has 7 nitrogen and oxygen atoms in total. The van der Waals surface area contributed by atoms with Gasteiger partial charge in [0, 0.05) is 5.02 Å². The number of carbonyl (C=O) groups excluding carboxylic acids is 2. The molecule has 4 rings (SSSR count). The number of fused-ring (bicyclic) bond motifs is 1. The van der Waals surface area contributed by atoms with Gasteiger partial charge in [-0.25, -0.2) is 4.79 Å². The Bertz CT molecular complexity index is 1480. The van der Waals surface area contributed by atoms with Gasteiger partial charge >= 0.3 is 5.97 Å². The van der Waals surface area contributed by atoms with E-state index in [1.807, 2.05) is 50.2 Å². The van der Waals surface area contributed by atoms with Crippen LogP contribution in [-0.4, -0.2) is 40.5 Å². The number of carbonyl (C=O) groups is 2. The average Bonchev–Trinajstić information content (AvgIpc) is 2.91. The summed E-state index contributed by atoms with van der Waals surface area (Å²) in [4.78, 5) is 28.5. The van der Waals surface area contributed by atoms with E-state index >= 15 is 0 Å². The molecule has 1 heterocycles. The van der Waals surface area contributed by atoms with Crippen molar-refractivity contribution in [1.29, 1.82) is 0 Å². The predicted molar refractivity (Wildman–Crippen MR) is 169 cm³/mol. The molecule has 1 aliphatic heterocycles. The number of esters is 1. The number of hydrogen-bond donors (Lipinski definition) is 0. The standard InChI is InChI=1S/C33H40ClNO6Si/c1-20(2)40-29-19-25-23(17-28(29)38-6)18-30(36)35(31(25)21-10-13-24(34)14-11-21)26-15-12-22(32(37)39-7)16-27(26)41-42(8,9)33(3,4)5/h10-17,19-20,31H,18H2,1-9H3. The zero-order chi connectivity index (χ0) is 31.0. The van der Waals surface area contributed by atoms with E-state index in [-0.39, 0.29) is 23.5 Å². The lowest BCUT2D eigenvalue weighted by atomic mass is 9.86. The molecule has 0 saturated heterocycles. The van der Waals surface area contributed by atoms with Crippen LogP contribution in [0.2, 0.25) is 23.2 Å². The second-order valence-electron chi connectivity index (χ2n) is 12.3. The molecule has 224 valence electrons. The molecule has 3 aromatic carbocycles. The molecule has 0 bridgehead atoms. The van der Waals surface area contributed by atoms with Crippen molar-refractivity contribution in [2.24, 2.45) is 0 Å². The first kappa shape index (κ1) is 31.4. The molecule has 1 atom stereocenters. The van der Waals surface area contributed by atoms with E-state index in [0.29, 0.717) is 33.5 Å². The number of nitrogens with zero attached hydrogens (tertiary/aromatic N) is 1. The molecule has 0 aliphatic carbocycles. The van der Waals surface area contributed by atoms with Crippen molar-refractivity contribution < 1.29 is 28.2 Å². The SMILES string of the molecule is COC(=O)c1ccc(N2C(=O)Cc3cc(OC)c(OC(C)C)cc3C2c2ccc(Cl)cc2)c(O[Si](C)(C)C(C)(C)C)c1. The Labute approximate surface area is 254 Å². The summed E-state index contributed by atoms with van der Waals surface area (Å²) in [6, 6.07) is 15.9. The van der Waals surface area contributed by atoms with Crippen molar-refractivity contribution >= 4 is 37.5 Å². The lowest BCUT2D eigenvalue weighted by Gasteiger charge is -2.41. The van der Waals surface area contributed by atoms with Crippen molar-refractivity contribution in [1.82, 2.24) is 0 Å². The molecule has 3 aromatic rings. The number of benzene rings is 3. The fourth-order valence-electron chi connectivity index (χ4n) is 4.78. The first-order valence-corrected chi connectivity index (χ1v) is 17.3. The van der Waals surface area contributed by atoms with Crippen molar-refractivity contribution in [3.63, 3.8) is 0 Å². The summed E-state index contributed by atoms with van der Waals surface area (Å²) in [5.74, 6) is 1.04. The van der Waals surface area contributed by atoms with Gasteiger partial charge in [0.05, 0.1) is 44.0 Å². The molecule has 0 spiro atoms. The smallest absolute Gasteiger partial charge is 0.337 e. The maximum absolute atomic E-state index is 14.2. The maximum atomic E-state index is 14.2. The monoisotopic (exact) mass is 609 g/mol. The van der Waals surface area contributed by atoms with Gasteiger partial charge in [0.2, 0.25) is 5.91 Å². The first-order valence-electron chi connectivity index (χ1n) is 14.0. The Morgan fingerprint density at radius 3 is 2.21 bits per heavy atom. The number of amides is 1. The van der Waals surface area contributed by atoms with E-state index in [2.05, 4.69) is 33.9 Å². The molecular formula is C33H40ClNO6Si. The summed E-state index contributed by atoms with van der Waals surface area (Å²) in [7, 11) is 0.543. The number of anilines is 1. The third kappa shape index (κ3) is 6.30. The second-order valence-corrected chi connectivity index (χ2v) is 17.5. The summed E-state index contributed by atoms with van der Waals surface area (Å²) >= 11 is 6.28. The van der Waals surface area contributed by atoms with Gasteiger partial charge < -0.3 is 18.6 Å². The molecular weight excluding hydrogens is 570 g/mol. The number of ether oxygens (including phenoxy) is 3. The number of rotatable bonds is 8. The third-order valence-electron chi connectivity index (χ3n) is 7.95. The molecule has 0 saturated carbocycles. The summed E-state index contributed by atoms with van der Waals surface area (Å²) in [5.41, 5.74) is 3.54. The Morgan fingerprint density at radius 2 is 1.64 bits per heavy atom. The number of halogens is 1. The van der Waals surface area contributed by atoms with Gasteiger partial charge in [-0.05, 0) is 91.1 Å². The Balaban J connectivity index is 1.99. The minimum Gasteiger partial charge on any atom is -0.542 e. The molecule has 1 unspecified atom stereocenters. The van der Waals surface area contributed by atoms with Gasteiger partial charge in [-0.2, -0.15) is 0 Å². The van der Waals surface area contributed by atoms with Crippen LogP contribution in [-0.2, 0) is 16.0 Å². The van der Waals surface area contributed by atoms with Crippen LogP contribution in [0.25, 0.3) is 0 Å². The van der Waals surface area contributed by atoms with Crippen LogP contribution < -0.4 is 18.8 Å². The van der Waals surface area contributed by atoms with Crippen LogP contribution in [0.1, 0.15) is 67.7 Å². The molecule has 0 aromatic heterocycles. The van der Waals surface area contributed by atoms with E-state index in [0.717, 1.165) is 16.7 Å². The average molecular weight is 610 g/mol. The second kappa shape index (κ2) is 12.0. The highest BCUT2D eigenvalue weighted by Crippen LogP contribution is 2.47. The van der Waals surface area contributed by atoms with E-state index in [1.54, 1.807) is 30.2 Å². The molecule has 1 amide bonds. The van der Waals surface area contributed by atoms with Crippen LogP contribution in [0, 0.1) is 0 Å². The van der Waals surface area contributed by atoms with Gasteiger partial charge in [0.15, 0.2) is 11.5 Å². The van der Waals surface area contributed by atoms with Crippen LogP contribution in [0.4, 0.5) is 5.69 Å². The Kier molecular flexibility index (Phi) is 8.99. The Morgan fingerprint density at radius 1 is 0.976 bits per heavy atom. The molecule has 42 heavy (non-hydrogen) atoms. The minimum absolute atomic E-state index is 0.0808. The lowest BCUT2D eigenvalue weighted by molar-refractivity contribution is -0.118. The molecule has 0 fully saturated rings. The highest BCUT2D eigenvalue weighted by molar-refractivity contribution is 6.74. The van der Waals surface area contributed by atoms with Gasteiger partial charge in [-0.1, -0.05) is 44.5 Å². The number of hydrogen-bond acceptors (Lipinski definition) is 6. The normalized spacial score (nSPS) is 15.4. The fraction of sp³-hybridized carbons (Fsp3) is 0.394. The summed E-state index contributed by atoms with van der Waals surface area (Å²) in [5, 5.41) is 0.467. The van der Waals surface area contributed by atoms with E-state index in [4.69, 9.17) is 30.2 Å². The van der Waals surface area contributed by atoms with Crippen LogP contribution in [0.3, 0.4) is 0 Å². The predicted octanol–water partition coefficient (Wildman–Crippen LogP) is 7.99. The van der Waals surface area contributed by atoms with E-state index < -0.39 is 20.3 Å². The van der Waals surface area contributed by atoms with Gasteiger partial charge in [-0.15, -0.1) is 0 Å². The third-order valence-corrected chi connectivity index (χ3v) is 12.5. The van der Waals surface area contributed by atoms with Gasteiger partial charge in [-0.3, -0.25) is 9.69 Å². The lowest BCUT2D eigenvalue weighted by Crippen LogP contribution is -2.45. The molecule has 9 heteroatoms. The van der Waals surface area contributed by atoms with Crippen molar-refractivity contribution in [2.45, 2.75) is 71.3 Å². The van der Waals surface area contributed by atoms with Crippen LogP contribution in [0.5, 0.6) is 17.2 Å². The highest BCUT2D eigenvalue weighted by atomic mass is 35.5. The van der Waals surface area contributed by atoms with Crippen molar-refractivity contribution in [2.75, 3.05) is 19.1 Å². The maximum Gasteiger partial charge on any atom is 0.337 e. The Hall–Kier alpha value is -3.49. The molecule has 0 N–H and O–H groups in total. The van der Waals surface area contributed by atoms with Crippen LogP contribution >= 0.6 is 11.6 Å². The summed E-state index contributed by atoms with van der Waals surface area (Å²) in [6.07, 6.45) is 0.0680. The van der Waals surface area contributed by atoms with Crippen LogP contribution in [0.15, 0.2) is 54.6 Å². The minimum atomic E-state index is -2.39. The molecule has 0 radical (unpaired) electrons. The molecule has 1 aliphatic rings. The summed E-state index contributed by atoms with van der Waals surface area (Å²) in [6.45, 7) is 14.6. The van der Waals surface area contributed by atoms with Gasteiger partial charge in [0.1, 0.15) is 5.75 Å². The zero-order valence-electron chi connectivity index (χ0n) is 25.8. The van der Waals surface area contributed by atoms with Crippen molar-refractivity contribution in [3.05, 3.63) is 81.9 Å². The highest BCUT2D eigenvalue weighted by Gasteiger charge is 2.42. The van der Waals surface area contributed by atoms with E-state index in [1.165, 1.54) is 7.11 Å². The van der Waals surface area contributed by atoms with E-state index in [9.17, 15) is 9.59 Å². The first-order chi connectivity index (χ1) is 19.7. The zero-order valence-corrected chi connectivity index (χ0v) is 27.6. The summed E-state index contributed by atoms with van der Waals surface area (Å²) < 4.78 is 23.6. The topological polar surface area (TPSA) is 74.3 Å². The van der Waals surface area contributed by atoms with Gasteiger partial charge in [0.25, 0.3) is 8.32 Å². The largest absolute Gasteiger partial charge is 0.542 e. The van der Waals surface area contributed by atoms with Crippen molar-refractivity contribution in [3.8, 4) is 17.2 Å². The number of methoxy groups -OCH3 is 2. The quantitative estimate of drug-likeness (QED) is 0.190. The fourth-order valence-corrected chi connectivity index (χ4v) is 5.92.